The van der Waals surface area contributed by atoms with Crippen molar-refractivity contribution in [3.8, 4) is 0 Å². The minimum atomic E-state index is -0.840. The largest absolute Gasteiger partial charge is 0.480 e. The number of methoxy groups -OCH3 is 1. The van der Waals surface area contributed by atoms with Crippen LogP contribution in [0.2, 0.25) is 0 Å². The van der Waals surface area contributed by atoms with Crippen LogP contribution >= 0.6 is 0 Å². The quantitative estimate of drug-likeness (QED) is 0.711. The molecule has 2 N–H and O–H groups in total. The van der Waals surface area contributed by atoms with Crippen molar-refractivity contribution in [2.75, 3.05) is 7.11 Å². The molecule has 1 aromatic rings. The summed E-state index contributed by atoms with van der Waals surface area (Å²) in [7, 11) is 1.57. The number of aliphatic carboxylic acids is 1. The minimum absolute atomic E-state index is 0.365. The summed E-state index contributed by atoms with van der Waals surface area (Å²) in [5.74, 6) is -0.209. The molecule has 1 unspecified atom stereocenters. The molecule has 0 aromatic carbocycles. The highest BCUT2D eigenvalue weighted by molar-refractivity contribution is 5.73. The molecule has 0 aliphatic rings. The number of hydrogen-bond acceptors (Lipinski definition) is 5. The lowest BCUT2D eigenvalue weighted by Gasteiger charge is -2.11. The first kappa shape index (κ1) is 13.7. The molecule has 0 bridgehead atoms. The fourth-order valence-corrected chi connectivity index (χ4v) is 1.48. The van der Waals surface area contributed by atoms with Gasteiger partial charge in [-0.3, -0.25) is 10.1 Å². The fourth-order valence-electron chi connectivity index (χ4n) is 1.48. The molecule has 0 saturated carbocycles. The first-order valence-corrected chi connectivity index (χ1v) is 5.57. The van der Waals surface area contributed by atoms with Crippen molar-refractivity contribution in [2.24, 2.45) is 0 Å². The maximum Gasteiger partial charge on any atom is 0.320 e. The smallest absolute Gasteiger partial charge is 0.320 e. The summed E-state index contributed by atoms with van der Waals surface area (Å²) >= 11 is 0. The number of carboxylic acids is 1. The number of rotatable bonds is 8. The molecular weight excluding hydrogens is 224 g/mol. The summed E-state index contributed by atoms with van der Waals surface area (Å²) in [6, 6.07) is 1.21. The van der Waals surface area contributed by atoms with E-state index >= 15 is 0 Å². The molecule has 1 rings (SSSR count). The number of nitrogens with zero attached hydrogens (tertiary/aromatic N) is 1. The predicted octanol–water partition coefficient (Wildman–Crippen LogP) is 1.16. The molecule has 6 nitrogen and oxygen atoms in total. The molecule has 0 spiro atoms. The van der Waals surface area contributed by atoms with Gasteiger partial charge in [0.05, 0.1) is 5.69 Å². The maximum atomic E-state index is 10.9. The number of hydrogen-bond donors (Lipinski definition) is 2. The van der Waals surface area contributed by atoms with Crippen molar-refractivity contribution in [3.63, 3.8) is 0 Å². The summed E-state index contributed by atoms with van der Waals surface area (Å²) in [5.41, 5.74) is 0.680. The summed E-state index contributed by atoms with van der Waals surface area (Å²) in [5, 5.41) is 15.7. The Bertz CT molecular complexity index is 351. The molecule has 1 atom stereocenters. The first-order valence-electron chi connectivity index (χ1n) is 5.57. The number of aromatic nitrogens is 1. The molecule has 96 valence electrons. The molecule has 1 heterocycles. The van der Waals surface area contributed by atoms with Crippen LogP contribution in [0.3, 0.4) is 0 Å². The predicted molar refractivity (Wildman–Crippen MR) is 60.4 cm³/mol. The maximum absolute atomic E-state index is 10.9. The van der Waals surface area contributed by atoms with E-state index in [1.165, 1.54) is 0 Å². The van der Waals surface area contributed by atoms with Crippen LogP contribution in [-0.2, 0) is 22.7 Å². The van der Waals surface area contributed by atoms with Crippen molar-refractivity contribution in [1.29, 1.82) is 0 Å². The number of carbonyl (C=O) groups is 1. The normalized spacial score (nSPS) is 12.6. The van der Waals surface area contributed by atoms with Crippen LogP contribution in [0.4, 0.5) is 0 Å². The monoisotopic (exact) mass is 242 g/mol. The molecule has 0 aliphatic carbocycles. The summed E-state index contributed by atoms with van der Waals surface area (Å²) in [6.07, 6.45) is 1.41. The molecule has 1 aromatic heterocycles. The Morgan fingerprint density at radius 1 is 1.71 bits per heavy atom. The summed E-state index contributed by atoms with van der Waals surface area (Å²) < 4.78 is 9.89. The van der Waals surface area contributed by atoms with Gasteiger partial charge in [-0.05, 0) is 6.42 Å². The zero-order valence-corrected chi connectivity index (χ0v) is 10.1. The second kappa shape index (κ2) is 7.03. The third-order valence-electron chi connectivity index (χ3n) is 2.30. The highest BCUT2D eigenvalue weighted by Gasteiger charge is 2.16. The number of carboxylic acid groups (broad SMARTS) is 1. The van der Waals surface area contributed by atoms with Crippen molar-refractivity contribution < 1.29 is 19.2 Å². The average molecular weight is 242 g/mol. The van der Waals surface area contributed by atoms with Crippen molar-refractivity contribution in [3.05, 3.63) is 17.5 Å². The van der Waals surface area contributed by atoms with Gasteiger partial charge in [0.15, 0.2) is 5.76 Å². The van der Waals surface area contributed by atoms with E-state index in [2.05, 4.69) is 10.5 Å². The van der Waals surface area contributed by atoms with Gasteiger partial charge in [0.25, 0.3) is 0 Å². The third-order valence-corrected chi connectivity index (χ3v) is 2.30. The Hall–Kier alpha value is -1.40. The fraction of sp³-hybridized carbons (Fsp3) is 0.636. The highest BCUT2D eigenvalue weighted by atomic mass is 16.5. The van der Waals surface area contributed by atoms with E-state index < -0.39 is 12.0 Å². The highest BCUT2D eigenvalue weighted by Crippen LogP contribution is 2.05. The topological polar surface area (TPSA) is 84.6 Å². The van der Waals surface area contributed by atoms with Crippen LogP contribution in [0, 0.1) is 0 Å². The van der Waals surface area contributed by atoms with E-state index in [1.54, 1.807) is 13.2 Å². The van der Waals surface area contributed by atoms with Crippen molar-refractivity contribution in [2.45, 2.75) is 39.0 Å². The Labute approximate surface area is 99.9 Å². The van der Waals surface area contributed by atoms with Gasteiger partial charge in [0.2, 0.25) is 0 Å². The van der Waals surface area contributed by atoms with Crippen LogP contribution in [0.25, 0.3) is 0 Å². The van der Waals surface area contributed by atoms with Gasteiger partial charge >= 0.3 is 5.97 Å². The zero-order chi connectivity index (χ0) is 12.7. The van der Waals surface area contributed by atoms with Crippen LogP contribution in [0.15, 0.2) is 10.6 Å². The molecular formula is C11H18N2O4. The summed E-state index contributed by atoms with van der Waals surface area (Å²) in [6.45, 7) is 2.69. The van der Waals surface area contributed by atoms with Crippen LogP contribution in [-0.4, -0.2) is 29.4 Å². The molecule has 17 heavy (non-hydrogen) atoms. The summed E-state index contributed by atoms with van der Waals surface area (Å²) in [4.78, 5) is 10.9. The van der Waals surface area contributed by atoms with E-state index in [9.17, 15) is 4.79 Å². The van der Waals surface area contributed by atoms with Gasteiger partial charge in [0, 0.05) is 19.7 Å². The molecule has 6 heteroatoms. The SMILES string of the molecule is CCCC(NCc1cc(COC)on1)C(=O)O. The second-order valence-electron chi connectivity index (χ2n) is 3.78. The molecule has 0 aliphatic heterocycles. The standard InChI is InChI=1S/C11H18N2O4/c1-3-4-10(11(14)15)12-6-8-5-9(7-16-2)17-13-8/h5,10,12H,3-4,6-7H2,1-2H3,(H,14,15). The van der Waals surface area contributed by atoms with Gasteiger partial charge in [0.1, 0.15) is 12.6 Å². The second-order valence-corrected chi connectivity index (χ2v) is 3.78. The van der Waals surface area contributed by atoms with E-state index in [0.29, 0.717) is 31.0 Å². The molecule has 0 radical (unpaired) electrons. The van der Waals surface area contributed by atoms with Gasteiger partial charge in [-0.1, -0.05) is 18.5 Å². The average Bonchev–Trinajstić information content (AvgIpc) is 2.72. The molecule has 0 fully saturated rings. The van der Waals surface area contributed by atoms with Gasteiger partial charge in [-0.15, -0.1) is 0 Å². The molecule has 0 amide bonds. The van der Waals surface area contributed by atoms with Crippen LogP contribution in [0.1, 0.15) is 31.2 Å². The van der Waals surface area contributed by atoms with E-state index in [4.69, 9.17) is 14.4 Å². The lowest BCUT2D eigenvalue weighted by Crippen LogP contribution is -2.36. The van der Waals surface area contributed by atoms with Crippen LogP contribution in [0.5, 0.6) is 0 Å². The minimum Gasteiger partial charge on any atom is -0.480 e. The Kier molecular flexibility index (Phi) is 5.65. The van der Waals surface area contributed by atoms with Gasteiger partial charge < -0.3 is 14.4 Å². The number of ether oxygens (including phenoxy) is 1. The lowest BCUT2D eigenvalue weighted by molar-refractivity contribution is -0.139. The number of nitrogens with one attached hydrogen (secondary N) is 1. The Morgan fingerprint density at radius 3 is 3.06 bits per heavy atom. The first-order chi connectivity index (χ1) is 8.17. The van der Waals surface area contributed by atoms with E-state index in [0.717, 1.165) is 6.42 Å². The lowest BCUT2D eigenvalue weighted by atomic mass is 10.1. The third kappa shape index (κ3) is 4.54. The molecule has 0 saturated heterocycles. The van der Waals surface area contributed by atoms with E-state index in [1.807, 2.05) is 6.92 Å². The van der Waals surface area contributed by atoms with Crippen molar-refractivity contribution in [1.82, 2.24) is 10.5 Å². The van der Waals surface area contributed by atoms with Gasteiger partial charge in [-0.2, -0.15) is 0 Å². The Balaban J connectivity index is 2.44. The zero-order valence-electron chi connectivity index (χ0n) is 10.1. The van der Waals surface area contributed by atoms with E-state index in [-0.39, 0.29) is 0 Å². The van der Waals surface area contributed by atoms with Crippen LogP contribution < -0.4 is 5.32 Å². The van der Waals surface area contributed by atoms with Crippen molar-refractivity contribution >= 4 is 5.97 Å². The van der Waals surface area contributed by atoms with Gasteiger partial charge in [-0.25, -0.2) is 0 Å². The Morgan fingerprint density at radius 2 is 2.47 bits per heavy atom.